The fourth-order valence-electron chi connectivity index (χ4n) is 2.67. The minimum Gasteiger partial charge on any atom is -0.468 e. The Bertz CT molecular complexity index is 947. The molecule has 0 radical (unpaired) electrons. The van der Waals surface area contributed by atoms with E-state index in [4.69, 9.17) is 0 Å². The Morgan fingerprint density at radius 1 is 1.26 bits per heavy atom. The Morgan fingerprint density at radius 3 is 2.41 bits per heavy atom. The molecular weight excluding hydrogens is 354 g/mol. The van der Waals surface area contributed by atoms with Gasteiger partial charge < -0.3 is 10.1 Å². The number of aryl methyl sites for hydroxylation is 1. The molecule has 142 valence electrons. The zero-order valence-corrected chi connectivity index (χ0v) is 15.1. The van der Waals surface area contributed by atoms with Crippen molar-refractivity contribution in [2.45, 2.75) is 26.8 Å². The molecule has 0 unspecified atom stereocenters. The van der Waals surface area contributed by atoms with E-state index in [1.165, 1.54) is 20.1 Å². The van der Waals surface area contributed by atoms with Gasteiger partial charge in [0.25, 0.3) is 0 Å². The number of methoxy groups -OCH3 is 1. The maximum Gasteiger partial charge on any atom is 0.337 e. The number of ether oxygens (including phenoxy) is 1. The molecule has 0 saturated carbocycles. The van der Waals surface area contributed by atoms with E-state index in [2.05, 4.69) is 10.1 Å². The third-order valence-electron chi connectivity index (χ3n) is 3.93. The number of hydrogen-bond acceptors (Lipinski definition) is 6. The van der Waals surface area contributed by atoms with Crippen molar-refractivity contribution in [1.82, 2.24) is 4.57 Å². The molecule has 0 spiro atoms. The summed E-state index contributed by atoms with van der Waals surface area (Å²) in [5.41, 5.74) is 0.574. The predicted octanol–water partition coefficient (Wildman–Crippen LogP) is 1.79. The molecule has 9 heteroatoms. The summed E-state index contributed by atoms with van der Waals surface area (Å²) in [5, 5.41) is 14.1. The van der Waals surface area contributed by atoms with Gasteiger partial charge in [-0.05, 0) is 30.7 Å². The van der Waals surface area contributed by atoms with Crippen LogP contribution in [-0.2, 0) is 27.3 Å². The summed E-state index contributed by atoms with van der Waals surface area (Å²) in [4.78, 5) is 45.8. The number of benzene rings is 1. The van der Waals surface area contributed by atoms with Crippen molar-refractivity contribution in [3.05, 3.63) is 67.6 Å². The molecule has 0 aliphatic carbocycles. The van der Waals surface area contributed by atoms with Gasteiger partial charge in [0.15, 0.2) is 0 Å². The highest BCUT2D eigenvalue weighted by Gasteiger charge is 2.24. The molecule has 0 aliphatic heterocycles. The van der Waals surface area contributed by atoms with E-state index >= 15 is 0 Å². The Labute approximate surface area is 154 Å². The zero-order valence-electron chi connectivity index (χ0n) is 15.1. The number of esters is 1. The quantitative estimate of drug-likeness (QED) is 0.468. The number of aromatic nitrogens is 1. The summed E-state index contributed by atoms with van der Waals surface area (Å²) in [6, 6.07) is 8.29. The molecule has 1 amide bonds. The van der Waals surface area contributed by atoms with Crippen LogP contribution in [0.1, 0.15) is 23.7 Å². The van der Waals surface area contributed by atoms with Crippen LogP contribution in [0.2, 0.25) is 0 Å². The van der Waals surface area contributed by atoms with Crippen LogP contribution in [0.3, 0.4) is 0 Å². The van der Waals surface area contributed by atoms with E-state index in [9.17, 15) is 24.5 Å². The second kappa shape index (κ2) is 8.26. The molecule has 0 fully saturated rings. The lowest BCUT2D eigenvalue weighted by molar-refractivity contribution is -0.387. The average molecular weight is 373 g/mol. The minimum atomic E-state index is -0.852. The van der Waals surface area contributed by atoms with Crippen LogP contribution < -0.4 is 10.9 Å². The van der Waals surface area contributed by atoms with Crippen molar-refractivity contribution in [3.63, 3.8) is 0 Å². The Morgan fingerprint density at radius 2 is 1.89 bits per heavy atom. The lowest BCUT2D eigenvalue weighted by Gasteiger charge is -2.12. The molecule has 0 aliphatic rings. The van der Waals surface area contributed by atoms with Crippen LogP contribution in [0, 0.1) is 17.0 Å². The molecule has 1 N–H and O–H groups in total. The molecule has 2 aromatic rings. The number of pyridine rings is 1. The predicted molar refractivity (Wildman–Crippen MR) is 97.7 cm³/mol. The van der Waals surface area contributed by atoms with Crippen LogP contribution in [-0.4, -0.2) is 28.5 Å². The molecule has 1 aromatic carbocycles. The van der Waals surface area contributed by atoms with Gasteiger partial charge in [0.05, 0.1) is 12.0 Å². The number of carbonyl (C=O) groups is 2. The summed E-state index contributed by atoms with van der Waals surface area (Å²) in [7, 11) is 1.18. The number of nitro groups is 1. The largest absolute Gasteiger partial charge is 0.468 e. The Hall–Kier alpha value is -3.49. The first-order valence-corrected chi connectivity index (χ1v) is 8.04. The first-order valence-electron chi connectivity index (χ1n) is 8.04. The van der Waals surface area contributed by atoms with E-state index < -0.39 is 28.7 Å². The van der Waals surface area contributed by atoms with E-state index in [1.54, 1.807) is 31.2 Å². The number of rotatable bonds is 6. The lowest BCUT2D eigenvalue weighted by atomic mass is 10.0. The second-order valence-corrected chi connectivity index (χ2v) is 5.94. The van der Waals surface area contributed by atoms with Gasteiger partial charge >= 0.3 is 17.2 Å². The SMILES string of the molecule is COC(=O)Cn1c(C)cc(Cc2ccc(NC(C)=O)cc2)c([N+](=O)[O-])c1=O. The number of amides is 1. The number of nitrogens with zero attached hydrogens (tertiary/aromatic N) is 2. The molecule has 1 heterocycles. The highest BCUT2D eigenvalue weighted by molar-refractivity contribution is 5.88. The third kappa shape index (κ3) is 4.78. The molecule has 27 heavy (non-hydrogen) atoms. The van der Waals surface area contributed by atoms with Crippen molar-refractivity contribution in [2.75, 3.05) is 12.4 Å². The van der Waals surface area contributed by atoms with E-state index in [0.717, 1.165) is 10.1 Å². The molecule has 1 aromatic heterocycles. The van der Waals surface area contributed by atoms with Crippen molar-refractivity contribution < 1.29 is 19.2 Å². The Balaban J connectivity index is 2.41. The highest BCUT2D eigenvalue weighted by atomic mass is 16.6. The summed E-state index contributed by atoms with van der Waals surface area (Å²) in [5.74, 6) is -0.876. The van der Waals surface area contributed by atoms with Gasteiger partial charge in [-0.3, -0.25) is 29.1 Å². The molecule has 0 bridgehead atoms. The third-order valence-corrected chi connectivity index (χ3v) is 3.93. The molecular formula is C18H19N3O6. The number of nitrogens with one attached hydrogen (secondary N) is 1. The van der Waals surface area contributed by atoms with E-state index in [-0.39, 0.29) is 17.9 Å². The van der Waals surface area contributed by atoms with Crippen LogP contribution in [0.25, 0.3) is 0 Å². The summed E-state index contributed by atoms with van der Waals surface area (Å²) in [6.45, 7) is 2.59. The monoisotopic (exact) mass is 373 g/mol. The van der Waals surface area contributed by atoms with Crippen molar-refractivity contribution in [1.29, 1.82) is 0 Å². The number of anilines is 1. The minimum absolute atomic E-state index is 0.159. The van der Waals surface area contributed by atoms with Gasteiger partial charge in [0, 0.05) is 30.3 Å². The van der Waals surface area contributed by atoms with Gasteiger partial charge in [-0.2, -0.15) is 0 Å². The summed E-state index contributed by atoms with van der Waals surface area (Å²) < 4.78 is 5.55. The van der Waals surface area contributed by atoms with Crippen molar-refractivity contribution in [2.24, 2.45) is 0 Å². The first kappa shape index (κ1) is 19.8. The van der Waals surface area contributed by atoms with Gasteiger partial charge in [0.1, 0.15) is 6.54 Å². The van der Waals surface area contributed by atoms with E-state index in [1.807, 2.05) is 0 Å². The summed E-state index contributed by atoms with van der Waals surface area (Å²) >= 11 is 0. The van der Waals surface area contributed by atoms with Crippen LogP contribution in [0.4, 0.5) is 11.4 Å². The van der Waals surface area contributed by atoms with E-state index in [0.29, 0.717) is 11.4 Å². The Kier molecular flexibility index (Phi) is 6.07. The molecule has 0 atom stereocenters. The fraction of sp³-hybridized carbons (Fsp3) is 0.278. The highest BCUT2D eigenvalue weighted by Crippen LogP contribution is 2.20. The average Bonchev–Trinajstić information content (AvgIpc) is 2.59. The maximum absolute atomic E-state index is 12.5. The van der Waals surface area contributed by atoms with Gasteiger partial charge in [0.2, 0.25) is 5.91 Å². The molecule has 2 rings (SSSR count). The van der Waals surface area contributed by atoms with Gasteiger partial charge in [-0.1, -0.05) is 12.1 Å². The van der Waals surface area contributed by atoms with Crippen molar-refractivity contribution >= 4 is 23.3 Å². The number of carbonyl (C=O) groups excluding carboxylic acids is 2. The lowest BCUT2D eigenvalue weighted by Crippen LogP contribution is -2.29. The number of hydrogen-bond donors (Lipinski definition) is 1. The zero-order chi connectivity index (χ0) is 20.1. The fourth-order valence-corrected chi connectivity index (χ4v) is 2.67. The van der Waals surface area contributed by atoms with Crippen molar-refractivity contribution in [3.8, 4) is 0 Å². The molecule has 0 saturated heterocycles. The van der Waals surface area contributed by atoms with Crippen LogP contribution in [0.15, 0.2) is 35.1 Å². The van der Waals surface area contributed by atoms with Gasteiger partial charge in [-0.25, -0.2) is 0 Å². The van der Waals surface area contributed by atoms with Crippen LogP contribution >= 0.6 is 0 Å². The summed E-state index contributed by atoms with van der Waals surface area (Å²) in [6.07, 6.45) is 0.159. The van der Waals surface area contributed by atoms with Gasteiger partial charge in [-0.15, -0.1) is 0 Å². The maximum atomic E-state index is 12.5. The van der Waals surface area contributed by atoms with Crippen LogP contribution in [0.5, 0.6) is 0 Å². The second-order valence-electron chi connectivity index (χ2n) is 5.94. The topological polar surface area (TPSA) is 121 Å². The first-order chi connectivity index (χ1) is 12.7. The molecule has 9 nitrogen and oxygen atoms in total. The normalized spacial score (nSPS) is 10.3. The standard InChI is InChI=1S/C18H19N3O6/c1-11-8-14(9-13-4-6-15(7-5-13)19-12(2)22)17(21(25)26)18(24)20(11)10-16(23)27-3/h4-8H,9-10H2,1-3H3,(H,19,22). The smallest absolute Gasteiger partial charge is 0.337 e.